The highest BCUT2D eigenvalue weighted by Gasteiger charge is 2.20. The molecule has 0 aromatic rings. The van der Waals surface area contributed by atoms with Gasteiger partial charge in [-0.3, -0.25) is 0 Å². The van der Waals surface area contributed by atoms with Crippen LogP contribution in [0.25, 0.3) is 0 Å². The Balaban J connectivity index is 1.98. The molecule has 0 heterocycles. The van der Waals surface area contributed by atoms with E-state index in [2.05, 4.69) is 15.9 Å². The van der Waals surface area contributed by atoms with Crippen molar-refractivity contribution in [2.75, 3.05) is 18.5 Å². The third-order valence-electron chi connectivity index (χ3n) is 3.01. The van der Waals surface area contributed by atoms with Gasteiger partial charge in [0.1, 0.15) is 0 Å². The molecular weight excluding hydrogens is 242 g/mol. The molecule has 1 fully saturated rings. The van der Waals surface area contributed by atoms with Crippen molar-refractivity contribution in [3.05, 3.63) is 0 Å². The summed E-state index contributed by atoms with van der Waals surface area (Å²) in [5.74, 6) is 0.761. The van der Waals surface area contributed by atoms with Crippen LogP contribution in [0.15, 0.2) is 0 Å². The molecule has 0 aromatic carbocycles. The summed E-state index contributed by atoms with van der Waals surface area (Å²) in [7, 11) is 0. The Labute approximate surface area is 95.7 Å². The first-order valence-electron chi connectivity index (χ1n) is 5.74. The molecule has 1 saturated carbocycles. The fourth-order valence-corrected chi connectivity index (χ4v) is 2.38. The van der Waals surface area contributed by atoms with E-state index in [1.54, 1.807) is 0 Å². The van der Waals surface area contributed by atoms with Gasteiger partial charge >= 0.3 is 0 Å². The summed E-state index contributed by atoms with van der Waals surface area (Å²) < 4.78 is 5.82. The van der Waals surface area contributed by atoms with E-state index in [0.29, 0.717) is 6.10 Å². The molecule has 14 heavy (non-hydrogen) atoms. The number of nitrogens with two attached hydrogens (primary N) is 1. The van der Waals surface area contributed by atoms with Crippen LogP contribution in [0, 0.1) is 5.92 Å². The second kappa shape index (κ2) is 7.66. The van der Waals surface area contributed by atoms with Crippen LogP contribution in [0.3, 0.4) is 0 Å². The van der Waals surface area contributed by atoms with E-state index < -0.39 is 0 Å². The fraction of sp³-hybridized carbons (Fsp3) is 1.00. The van der Waals surface area contributed by atoms with E-state index >= 15 is 0 Å². The molecule has 1 aliphatic rings. The van der Waals surface area contributed by atoms with Crippen molar-refractivity contribution in [3.8, 4) is 0 Å². The second-order valence-corrected chi connectivity index (χ2v) is 4.94. The monoisotopic (exact) mass is 263 g/mol. The maximum absolute atomic E-state index is 5.82. The molecule has 0 aromatic heterocycles. The zero-order valence-corrected chi connectivity index (χ0v) is 10.5. The van der Waals surface area contributed by atoms with Gasteiger partial charge in [-0.25, -0.2) is 0 Å². The number of unbranched alkanes of at least 4 members (excludes halogenated alkanes) is 1. The first-order chi connectivity index (χ1) is 6.86. The van der Waals surface area contributed by atoms with Crippen LogP contribution < -0.4 is 5.73 Å². The van der Waals surface area contributed by atoms with E-state index in [1.165, 1.54) is 38.5 Å². The number of hydrogen-bond acceptors (Lipinski definition) is 2. The summed E-state index contributed by atoms with van der Waals surface area (Å²) in [4.78, 5) is 0. The van der Waals surface area contributed by atoms with Crippen LogP contribution in [0.4, 0.5) is 0 Å². The molecule has 0 radical (unpaired) electrons. The van der Waals surface area contributed by atoms with E-state index in [0.717, 1.165) is 24.4 Å². The van der Waals surface area contributed by atoms with Gasteiger partial charge in [0.15, 0.2) is 0 Å². The number of hydrogen-bond donors (Lipinski definition) is 1. The lowest BCUT2D eigenvalue weighted by atomic mass is 9.87. The molecule has 0 unspecified atom stereocenters. The van der Waals surface area contributed by atoms with Gasteiger partial charge in [0.05, 0.1) is 6.10 Å². The van der Waals surface area contributed by atoms with Gasteiger partial charge in [0, 0.05) is 11.9 Å². The third-order valence-corrected chi connectivity index (χ3v) is 3.57. The fourth-order valence-electron chi connectivity index (χ4n) is 1.98. The van der Waals surface area contributed by atoms with Crippen LogP contribution in [0.1, 0.15) is 38.5 Å². The van der Waals surface area contributed by atoms with E-state index in [-0.39, 0.29) is 0 Å². The van der Waals surface area contributed by atoms with Gasteiger partial charge in [0.25, 0.3) is 0 Å². The van der Waals surface area contributed by atoms with Gasteiger partial charge in [-0.2, -0.15) is 0 Å². The molecule has 0 amide bonds. The average Bonchev–Trinajstić information content (AvgIpc) is 2.25. The molecule has 0 spiro atoms. The number of halogens is 1. The molecule has 0 saturated heterocycles. The Kier molecular flexibility index (Phi) is 6.82. The minimum absolute atomic E-state index is 0.521. The quantitative estimate of drug-likeness (QED) is 0.591. The maximum atomic E-state index is 5.82. The highest BCUT2D eigenvalue weighted by Crippen LogP contribution is 2.25. The van der Waals surface area contributed by atoms with E-state index in [4.69, 9.17) is 10.5 Å². The van der Waals surface area contributed by atoms with Crippen LogP contribution in [0.2, 0.25) is 0 Å². The van der Waals surface area contributed by atoms with Crippen LogP contribution in [-0.2, 0) is 4.74 Å². The topological polar surface area (TPSA) is 35.2 Å². The zero-order valence-electron chi connectivity index (χ0n) is 8.88. The largest absolute Gasteiger partial charge is 0.378 e. The molecule has 2 N–H and O–H groups in total. The smallest absolute Gasteiger partial charge is 0.0575 e. The summed E-state index contributed by atoms with van der Waals surface area (Å²) in [6.45, 7) is 1.79. The Hall–Kier alpha value is 0.400. The van der Waals surface area contributed by atoms with Crippen LogP contribution >= 0.6 is 15.9 Å². The Bertz CT molecular complexity index is 135. The Morgan fingerprint density at radius 2 is 1.86 bits per heavy atom. The molecule has 0 atom stereocenters. The summed E-state index contributed by atoms with van der Waals surface area (Å²) in [5, 5.41) is 1.09. The van der Waals surface area contributed by atoms with Crippen molar-refractivity contribution in [2.24, 2.45) is 11.7 Å². The molecule has 3 heteroatoms. The summed E-state index contributed by atoms with van der Waals surface area (Å²) in [6.07, 6.45) is 7.89. The van der Waals surface area contributed by atoms with Gasteiger partial charge in [-0.05, 0) is 51.0 Å². The minimum Gasteiger partial charge on any atom is -0.378 e. The first-order valence-corrected chi connectivity index (χ1v) is 6.86. The molecular formula is C11H22BrNO. The summed E-state index contributed by atoms with van der Waals surface area (Å²) >= 11 is 3.42. The number of rotatable bonds is 6. The lowest BCUT2D eigenvalue weighted by molar-refractivity contribution is 0.0177. The van der Waals surface area contributed by atoms with Gasteiger partial charge in [-0.15, -0.1) is 0 Å². The SMILES string of the molecule is NC[C@H]1CC[C@H](OCCCCBr)CC1. The Morgan fingerprint density at radius 3 is 2.43 bits per heavy atom. The number of alkyl halides is 1. The normalized spacial score (nSPS) is 27.9. The zero-order chi connectivity index (χ0) is 10.2. The van der Waals surface area contributed by atoms with Gasteiger partial charge in [0.2, 0.25) is 0 Å². The van der Waals surface area contributed by atoms with Gasteiger partial charge < -0.3 is 10.5 Å². The average molecular weight is 264 g/mol. The molecule has 1 aliphatic carbocycles. The molecule has 0 aliphatic heterocycles. The second-order valence-electron chi connectivity index (χ2n) is 4.15. The predicted octanol–water partition coefficient (Wildman–Crippen LogP) is 2.70. The van der Waals surface area contributed by atoms with Crippen molar-refractivity contribution < 1.29 is 4.74 Å². The summed E-state index contributed by atoms with van der Waals surface area (Å²) in [5.41, 5.74) is 5.64. The highest BCUT2D eigenvalue weighted by molar-refractivity contribution is 9.09. The first kappa shape index (κ1) is 12.5. The standard InChI is InChI=1S/C11H22BrNO/c12-7-1-2-8-14-11-5-3-10(9-13)4-6-11/h10-11H,1-9,13H2/t10-,11-. The van der Waals surface area contributed by atoms with Crippen molar-refractivity contribution >= 4 is 15.9 Å². The van der Waals surface area contributed by atoms with Crippen molar-refractivity contribution in [1.29, 1.82) is 0 Å². The van der Waals surface area contributed by atoms with Crippen molar-refractivity contribution in [2.45, 2.75) is 44.6 Å². The number of ether oxygens (including phenoxy) is 1. The third kappa shape index (κ3) is 4.76. The highest BCUT2D eigenvalue weighted by atomic mass is 79.9. The van der Waals surface area contributed by atoms with Crippen molar-refractivity contribution in [1.82, 2.24) is 0 Å². The van der Waals surface area contributed by atoms with Gasteiger partial charge in [-0.1, -0.05) is 15.9 Å². The molecule has 1 rings (SSSR count). The van der Waals surface area contributed by atoms with E-state index in [1.807, 2.05) is 0 Å². The summed E-state index contributed by atoms with van der Waals surface area (Å²) in [6, 6.07) is 0. The van der Waals surface area contributed by atoms with E-state index in [9.17, 15) is 0 Å². The molecule has 84 valence electrons. The van der Waals surface area contributed by atoms with Crippen LogP contribution in [-0.4, -0.2) is 24.6 Å². The lowest BCUT2D eigenvalue weighted by Gasteiger charge is -2.27. The Morgan fingerprint density at radius 1 is 1.14 bits per heavy atom. The minimum atomic E-state index is 0.521. The predicted molar refractivity (Wildman–Crippen MR) is 63.8 cm³/mol. The maximum Gasteiger partial charge on any atom is 0.0575 e. The lowest BCUT2D eigenvalue weighted by Crippen LogP contribution is -2.26. The molecule has 2 nitrogen and oxygen atoms in total. The van der Waals surface area contributed by atoms with Crippen LogP contribution in [0.5, 0.6) is 0 Å². The van der Waals surface area contributed by atoms with Crippen molar-refractivity contribution in [3.63, 3.8) is 0 Å². The molecule has 0 bridgehead atoms.